The number of piperidine rings is 1. The van der Waals surface area contributed by atoms with Crippen molar-refractivity contribution in [3.05, 3.63) is 0 Å². The summed E-state index contributed by atoms with van der Waals surface area (Å²) in [7, 11) is 0. The van der Waals surface area contributed by atoms with E-state index in [1.54, 1.807) is 0 Å². The molecule has 2 bridgehead atoms. The zero-order valence-electron chi connectivity index (χ0n) is 6.51. The van der Waals surface area contributed by atoms with Crippen LogP contribution in [0.4, 0.5) is 0 Å². The third kappa shape index (κ3) is 0.915. The van der Waals surface area contributed by atoms with Gasteiger partial charge in [-0.2, -0.15) is 0 Å². The van der Waals surface area contributed by atoms with Crippen LogP contribution in [0, 0.1) is 0 Å². The first kappa shape index (κ1) is 8.40. The third-order valence-corrected chi connectivity index (χ3v) is 2.85. The summed E-state index contributed by atoms with van der Waals surface area (Å²) < 4.78 is 0. The highest BCUT2D eigenvalue weighted by atomic mass is 16.4. The van der Waals surface area contributed by atoms with Crippen LogP contribution in [0.15, 0.2) is 0 Å². The molecule has 5 N–H and O–H groups in total. The molecule has 0 aromatic rings. The van der Waals surface area contributed by atoms with E-state index in [0.717, 1.165) is 0 Å². The Labute approximate surface area is 69.6 Å². The Morgan fingerprint density at radius 2 is 1.83 bits per heavy atom. The number of hydrogen-bond donors (Lipinski definition) is 5. The zero-order valence-corrected chi connectivity index (χ0v) is 6.51. The van der Waals surface area contributed by atoms with Crippen LogP contribution in [0.5, 0.6) is 0 Å². The fraction of sp³-hybridized carbons (Fsp3) is 1.00. The smallest absolute Gasteiger partial charge is 0.145 e. The van der Waals surface area contributed by atoms with Gasteiger partial charge in [-0.25, -0.2) is 0 Å². The number of aliphatic hydroxyl groups is 4. The third-order valence-electron chi connectivity index (χ3n) is 2.85. The Bertz CT molecular complexity index is 200. The van der Waals surface area contributed by atoms with Crippen molar-refractivity contribution < 1.29 is 20.4 Å². The van der Waals surface area contributed by atoms with Gasteiger partial charge in [-0.3, -0.25) is 5.32 Å². The maximum Gasteiger partial charge on any atom is 0.145 e. The van der Waals surface area contributed by atoms with E-state index >= 15 is 0 Å². The molecule has 5 atom stereocenters. The first-order valence-electron chi connectivity index (χ1n) is 4.09. The van der Waals surface area contributed by atoms with Crippen molar-refractivity contribution in [2.75, 3.05) is 0 Å². The lowest BCUT2D eigenvalue weighted by molar-refractivity contribution is -0.186. The molecule has 2 rings (SSSR count). The van der Waals surface area contributed by atoms with Gasteiger partial charge in [0.05, 0.1) is 6.10 Å². The molecular weight excluding hydrogens is 162 g/mol. The number of aliphatic hydroxyl groups excluding tert-OH is 3. The topological polar surface area (TPSA) is 93.0 Å². The Balaban J connectivity index is 2.25. The van der Waals surface area contributed by atoms with E-state index in [1.165, 1.54) is 0 Å². The molecule has 2 aliphatic heterocycles. The van der Waals surface area contributed by atoms with Crippen molar-refractivity contribution in [2.45, 2.75) is 42.9 Å². The maximum atomic E-state index is 9.65. The second-order valence-electron chi connectivity index (χ2n) is 3.64. The average molecular weight is 175 g/mol. The molecule has 2 saturated heterocycles. The van der Waals surface area contributed by atoms with Gasteiger partial charge < -0.3 is 20.4 Å². The van der Waals surface area contributed by atoms with E-state index in [0.29, 0.717) is 12.8 Å². The highest BCUT2D eigenvalue weighted by Gasteiger charge is 2.55. The highest BCUT2D eigenvalue weighted by molar-refractivity contribution is 5.07. The molecule has 1 unspecified atom stereocenters. The predicted octanol–water partition coefficient (Wildman–Crippen LogP) is -2.48. The molecule has 2 heterocycles. The molecule has 2 fully saturated rings. The van der Waals surface area contributed by atoms with Crippen LogP contribution in [0.1, 0.15) is 12.8 Å². The van der Waals surface area contributed by atoms with Crippen LogP contribution < -0.4 is 5.32 Å². The Kier molecular flexibility index (Phi) is 1.68. The van der Waals surface area contributed by atoms with Crippen LogP contribution in [0.25, 0.3) is 0 Å². The molecule has 0 aromatic heterocycles. The van der Waals surface area contributed by atoms with Crippen LogP contribution in [0.3, 0.4) is 0 Å². The fourth-order valence-electron chi connectivity index (χ4n) is 2.04. The second-order valence-corrected chi connectivity index (χ2v) is 3.64. The van der Waals surface area contributed by atoms with Crippen LogP contribution in [0.2, 0.25) is 0 Å². The molecule has 0 aliphatic carbocycles. The molecular formula is C7H13NO4. The van der Waals surface area contributed by atoms with Crippen molar-refractivity contribution in [2.24, 2.45) is 0 Å². The maximum absolute atomic E-state index is 9.65. The Hall–Kier alpha value is -0.200. The molecule has 70 valence electrons. The van der Waals surface area contributed by atoms with E-state index in [1.807, 2.05) is 0 Å². The summed E-state index contributed by atoms with van der Waals surface area (Å²) in [5, 5.41) is 40.4. The van der Waals surface area contributed by atoms with Crippen molar-refractivity contribution in [3.63, 3.8) is 0 Å². The quantitative estimate of drug-likeness (QED) is 0.281. The van der Waals surface area contributed by atoms with Gasteiger partial charge in [0.2, 0.25) is 0 Å². The van der Waals surface area contributed by atoms with E-state index in [4.69, 9.17) is 0 Å². The lowest BCUT2D eigenvalue weighted by Crippen LogP contribution is -2.67. The zero-order chi connectivity index (χ0) is 8.93. The molecule has 5 nitrogen and oxygen atoms in total. The van der Waals surface area contributed by atoms with E-state index in [9.17, 15) is 20.4 Å². The van der Waals surface area contributed by atoms with Crippen molar-refractivity contribution in [1.82, 2.24) is 5.32 Å². The summed E-state index contributed by atoms with van der Waals surface area (Å²) in [5.41, 5.74) is -1.40. The van der Waals surface area contributed by atoms with Crippen LogP contribution in [-0.4, -0.2) is 50.5 Å². The van der Waals surface area contributed by atoms with E-state index in [-0.39, 0.29) is 6.04 Å². The van der Waals surface area contributed by atoms with Gasteiger partial charge in [0.1, 0.15) is 17.9 Å². The van der Waals surface area contributed by atoms with Gasteiger partial charge in [0.25, 0.3) is 0 Å². The first-order chi connectivity index (χ1) is 5.54. The number of fused-ring (bicyclic) bond motifs is 2. The molecule has 2 aliphatic rings. The average Bonchev–Trinajstić information content (AvgIpc) is 2.41. The Morgan fingerprint density at radius 3 is 2.50 bits per heavy atom. The second kappa shape index (κ2) is 2.40. The van der Waals surface area contributed by atoms with Crippen molar-refractivity contribution in [1.29, 1.82) is 0 Å². The molecule has 0 radical (unpaired) electrons. The standard InChI is InChI=1S/C7H13NO4/c9-4-3-1-2-7(12,8-3)6(11)5(4)10/h3-6,8-12H,1-2H2/t3?,4-,5-,6+,7+/m0/s1. The van der Waals surface area contributed by atoms with E-state index in [2.05, 4.69) is 5.32 Å². The summed E-state index contributed by atoms with van der Waals surface area (Å²) in [6, 6.07) is -0.298. The van der Waals surface area contributed by atoms with Gasteiger partial charge in [0.15, 0.2) is 0 Å². The minimum absolute atomic E-state index is 0.298. The van der Waals surface area contributed by atoms with Crippen LogP contribution >= 0.6 is 0 Å². The molecule has 0 amide bonds. The highest BCUT2D eigenvalue weighted by Crippen LogP contribution is 2.34. The summed E-state index contributed by atoms with van der Waals surface area (Å²) in [6.45, 7) is 0. The van der Waals surface area contributed by atoms with Crippen molar-refractivity contribution in [3.8, 4) is 0 Å². The van der Waals surface area contributed by atoms with Gasteiger partial charge in [0, 0.05) is 6.04 Å². The molecule has 12 heavy (non-hydrogen) atoms. The lowest BCUT2D eigenvalue weighted by Gasteiger charge is -2.40. The van der Waals surface area contributed by atoms with Gasteiger partial charge in [-0.15, -0.1) is 0 Å². The minimum Gasteiger partial charge on any atom is -0.389 e. The Morgan fingerprint density at radius 1 is 1.17 bits per heavy atom. The molecule has 0 aromatic carbocycles. The van der Waals surface area contributed by atoms with E-state index < -0.39 is 24.0 Å². The van der Waals surface area contributed by atoms with Gasteiger partial charge >= 0.3 is 0 Å². The summed E-state index contributed by atoms with van der Waals surface area (Å²) in [5.74, 6) is 0. The number of nitrogens with one attached hydrogen (secondary N) is 1. The summed E-state index contributed by atoms with van der Waals surface area (Å²) in [6.07, 6.45) is -2.59. The SMILES string of the molecule is O[C@@H]1[C@@H](O)[C@]2(O)CCC(N2)[C@@H]1O. The summed E-state index contributed by atoms with van der Waals surface area (Å²) in [4.78, 5) is 0. The molecule has 0 spiro atoms. The fourth-order valence-corrected chi connectivity index (χ4v) is 2.04. The van der Waals surface area contributed by atoms with Gasteiger partial charge in [-0.1, -0.05) is 0 Å². The van der Waals surface area contributed by atoms with Crippen molar-refractivity contribution >= 4 is 0 Å². The monoisotopic (exact) mass is 175 g/mol. The molecule has 5 heteroatoms. The number of hydrogen-bond acceptors (Lipinski definition) is 5. The number of rotatable bonds is 0. The van der Waals surface area contributed by atoms with Gasteiger partial charge in [-0.05, 0) is 12.8 Å². The minimum atomic E-state index is -1.40. The first-order valence-corrected chi connectivity index (χ1v) is 4.09. The van der Waals surface area contributed by atoms with Crippen LogP contribution in [-0.2, 0) is 0 Å². The lowest BCUT2D eigenvalue weighted by atomic mass is 9.94. The largest absolute Gasteiger partial charge is 0.389 e. The predicted molar refractivity (Wildman–Crippen MR) is 39.1 cm³/mol. The normalized spacial score (nSPS) is 59.0. The summed E-state index contributed by atoms with van der Waals surface area (Å²) >= 11 is 0. The molecule has 0 saturated carbocycles.